The molecule has 0 unspecified atom stereocenters. The first kappa shape index (κ1) is 15.7. The maximum atomic E-state index is 12.7. The minimum atomic E-state index is -0.0353. The first-order valence-corrected chi connectivity index (χ1v) is 7.24. The minimum Gasteiger partial charge on any atom is -0.332 e. The van der Waals surface area contributed by atoms with Crippen LogP contribution in [0.15, 0.2) is 42.6 Å². The molecule has 0 atom stereocenters. The van der Waals surface area contributed by atoms with Crippen molar-refractivity contribution in [2.45, 2.75) is 33.4 Å². The largest absolute Gasteiger partial charge is 0.332 e. The Morgan fingerprint density at radius 3 is 2.41 bits per heavy atom. The lowest BCUT2D eigenvalue weighted by molar-refractivity contribution is 0.0690. The Kier molecular flexibility index (Phi) is 4.90. The second-order valence-electron chi connectivity index (χ2n) is 5.52. The van der Waals surface area contributed by atoms with Gasteiger partial charge in [0.25, 0.3) is 5.91 Å². The molecule has 0 fully saturated rings. The van der Waals surface area contributed by atoms with Gasteiger partial charge in [-0.15, -0.1) is 0 Å². The highest BCUT2D eigenvalue weighted by Crippen LogP contribution is 2.14. The van der Waals surface area contributed by atoms with Crippen molar-refractivity contribution in [1.29, 1.82) is 5.26 Å². The molecule has 2 aromatic rings. The van der Waals surface area contributed by atoms with Crippen LogP contribution in [0.5, 0.6) is 0 Å². The van der Waals surface area contributed by atoms with Gasteiger partial charge in [0.15, 0.2) is 0 Å². The first-order chi connectivity index (χ1) is 10.5. The summed E-state index contributed by atoms with van der Waals surface area (Å²) in [7, 11) is 0. The SMILES string of the molecule is Cc1ccc(C(=O)N(Cc2ccc(C#N)cc2)C(C)C)cn1. The van der Waals surface area contributed by atoms with Crippen LogP contribution in [0.25, 0.3) is 0 Å². The maximum absolute atomic E-state index is 12.7. The Labute approximate surface area is 131 Å². The quantitative estimate of drug-likeness (QED) is 0.869. The maximum Gasteiger partial charge on any atom is 0.255 e. The molecule has 4 heteroatoms. The number of hydrogen-bond acceptors (Lipinski definition) is 3. The van der Waals surface area contributed by atoms with E-state index in [-0.39, 0.29) is 11.9 Å². The van der Waals surface area contributed by atoms with Gasteiger partial charge in [-0.05, 0) is 50.6 Å². The number of carbonyl (C=O) groups excluding carboxylic acids is 1. The van der Waals surface area contributed by atoms with Gasteiger partial charge in [0.1, 0.15) is 0 Å². The molecule has 0 aliphatic rings. The monoisotopic (exact) mass is 293 g/mol. The summed E-state index contributed by atoms with van der Waals surface area (Å²) in [5.74, 6) is -0.0353. The molecule has 0 saturated carbocycles. The van der Waals surface area contributed by atoms with E-state index in [2.05, 4.69) is 11.1 Å². The Balaban J connectivity index is 2.20. The minimum absolute atomic E-state index is 0.0353. The second kappa shape index (κ2) is 6.86. The Morgan fingerprint density at radius 2 is 1.91 bits per heavy atom. The molecule has 1 aromatic carbocycles. The molecule has 22 heavy (non-hydrogen) atoms. The van der Waals surface area contributed by atoms with Crippen LogP contribution in [0.3, 0.4) is 0 Å². The van der Waals surface area contributed by atoms with Crippen molar-refractivity contribution < 1.29 is 4.79 Å². The summed E-state index contributed by atoms with van der Waals surface area (Å²) < 4.78 is 0. The number of nitriles is 1. The molecule has 1 aromatic heterocycles. The number of benzene rings is 1. The summed E-state index contributed by atoms with van der Waals surface area (Å²) in [6.07, 6.45) is 1.62. The van der Waals surface area contributed by atoms with Crippen molar-refractivity contribution in [3.05, 3.63) is 65.0 Å². The Hall–Kier alpha value is -2.67. The lowest BCUT2D eigenvalue weighted by atomic mass is 10.1. The van der Waals surface area contributed by atoms with Gasteiger partial charge in [-0.1, -0.05) is 12.1 Å². The van der Waals surface area contributed by atoms with E-state index in [1.54, 1.807) is 29.3 Å². The van der Waals surface area contributed by atoms with Crippen LogP contribution < -0.4 is 0 Å². The highest BCUT2D eigenvalue weighted by molar-refractivity contribution is 5.94. The van der Waals surface area contributed by atoms with Crippen LogP contribution in [0.2, 0.25) is 0 Å². The van der Waals surface area contributed by atoms with Crippen molar-refractivity contribution in [3.63, 3.8) is 0 Å². The highest BCUT2D eigenvalue weighted by atomic mass is 16.2. The van der Waals surface area contributed by atoms with Gasteiger partial charge in [0.05, 0.1) is 17.2 Å². The fraction of sp³-hybridized carbons (Fsp3) is 0.278. The molecule has 1 amide bonds. The lowest BCUT2D eigenvalue weighted by Gasteiger charge is -2.27. The van der Waals surface area contributed by atoms with Gasteiger partial charge in [0.2, 0.25) is 0 Å². The zero-order valence-electron chi connectivity index (χ0n) is 13.1. The van der Waals surface area contributed by atoms with Crippen LogP contribution in [-0.4, -0.2) is 21.8 Å². The Bertz CT molecular complexity index is 682. The third-order valence-electron chi connectivity index (χ3n) is 3.48. The molecule has 1 heterocycles. The molecule has 2 rings (SSSR count). The number of nitrogens with zero attached hydrogens (tertiary/aromatic N) is 3. The normalized spacial score (nSPS) is 10.3. The predicted molar refractivity (Wildman–Crippen MR) is 85.1 cm³/mol. The van der Waals surface area contributed by atoms with E-state index in [0.29, 0.717) is 17.7 Å². The average molecular weight is 293 g/mol. The number of carbonyl (C=O) groups is 1. The lowest BCUT2D eigenvalue weighted by Crippen LogP contribution is -2.36. The molecular formula is C18H19N3O. The van der Waals surface area contributed by atoms with E-state index >= 15 is 0 Å². The van der Waals surface area contributed by atoms with E-state index in [9.17, 15) is 4.79 Å². The topological polar surface area (TPSA) is 57.0 Å². The molecule has 0 spiro atoms. The van der Waals surface area contributed by atoms with Gasteiger partial charge in [-0.3, -0.25) is 9.78 Å². The fourth-order valence-electron chi connectivity index (χ4n) is 2.13. The van der Waals surface area contributed by atoms with Crippen LogP contribution in [0.1, 0.15) is 41.0 Å². The summed E-state index contributed by atoms with van der Waals surface area (Å²) in [5, 5.41) is 8.84. The van der Waals surface area contributed by atoms with Crippen LogP contribution in [-0.2, 0) is 6.54 Å². The number of aryl methyl sites for hydroxylation is 1. The van der Waals surface area contributed by atoms with Crippen molar-refractivity contribution in [3.8, 4) is 6.07 Å². The smallest absolute Gasteiger partial charge is 0.255 e. The zero-order valence-corrected chi connectivity index (χ0v) is 13.1. The fourth-order valence-corrected chi connectivity index (χ4v) is 2.13. The van der Waals surface area contributed by atoms with E-state index in [1.165, 1.54) is 0 Å². The van der Waals surface area contributed by atoms with Crippen LogP contribution in [0.4, 0.5) is 0 Å². The molecule has 0 aliphatic heterocycles. The number of rotatable bonds is 4. The third kappa shape index (κ3) is 3.70. The van der Waals surface area contributed by atoms with Crippen LogP contribution in [0, 0.1) is 18.3 Å². The molecule has 0 bridgehead atoms. The van der Waals surface area contributed by atoms with Crippen molar-refractivity contribution in [2.24, 2.45) is 0 Å². The number of aromatic nitrogens is 1. The summed E-state index contributed by atoms with van der Waals surface area (Å²) >= 11 is 0. The summed E-state index contributed by atoms with van der Waals surface area (Å²) in [6, 6.07) is 13.1. The first-order valence-electron chi connectivity index (χ1n) is 7.24. The van der Waals surface area contributed by atoms with Gasteiger partial charge < -0.3 is 4.90 Å². The number of hydrogen-bond donors (Lipinski definition) is 0. The zero-order chi connectivity index (χ0) is 16.1. The van der Waals surface area contributed by atoms with Crippen molar-refractivity contribution in [2.75, 3.05) is 0 Å². The van der Waals surface area contributed by atoms with Crippen LogP contribution >= 0.6 is 0 Å². The van der Waals surface area contributed by atoms with Gasteiger partial charge in [-0.2, -0.15) is 5.26 Å². The second-order valence-corrected chi connectivity index (χ2v) is 5.52. The standard InChI is InChI=1S/C18H19N3O/c1-13(2)21(12-16-7-5-15(10-19)6-8-16)18(22)17-9-4-14(3)20-11-17/h4-9,11,13H,12H2,1-3H3. The Morgan fingerprint density at radius 1 is 1.23 bits per heavy atom. The average Bonchev–Trinajstić information content (AvgIpc) is 2.53. The van der Waals surface area contributed by atoms with Gasteiger partial charge >= 0.3 is 0 Å². The summed E-state index contributed by atoms with van der Waals surface area (Å²) in [5.41, 5.74) is 3.10. The van der Waals surface area contributed by atoms with E-state index in [0.717, 1.165) is 11.3 Å². The summed E-state index contributed by atoms with van der Waals surface area (Å²) in [4.78, 5) is 18.6. The molecular weight excluding hydrogens is 274 g/mol. The third-order valence-corrected chi connectivity index (χ3v) is 3.48. The molecule has 0 saturated heterocycles. The molecule has 112 valence electrons. The summed E-state index contributed by atoms with van der Waals surface area (Å²) in [6.45, 7) is 6.38. The molecule has 4 nitrogen and oxygen atoms in total. The molecule has 0 aliphatic carbocycles. The van der Waals surface area contributed by atoms with Crippen molar-refractivity contribution in [1.82, 2.24) is 9.88 Å². The predicted octanol–water partition coefficient (Wildman–Crippen LogP) is 3.31. The van der Waals surface area contributed by atoms with E-state index < -0.39 is 0 Å². The number of amides is 1. The van der Waals surface area contributed by atoms with E-state index in [4.69, 9.17) is 5.26 Å². The number of pyridine rings is 1. The van der Waals surface area contributed by atoms with E-state index in [1.807, 2.05) is 39.0 Å². The van der Waals surface area contributed by atoms with Crippen molar-refractivity contribution >= 4 is 5.91 Å². The molecule has 0 radical (unpaired) electrons. The highest BCUT2D eigenvalue weighted by Gasteiger charge is 2.19. The molecule has 0 N–H and O–H groups in total. The van der Waals surface area contributed by atoms with Gasteiger partial charge in [-0.25, -0.2) is 0 Å². The van der Waals surface area contributed by atoms with Gasteiger partial charge in [0, 0.05) is 24.5 Å².